The number of guanidine groups is 1. The van der Waals surface area contributed by atoms with Gasteiger partial charge in [0.1, 0.15) is 5.82 Å². The summed E-state index contributed by atoms with van der Waals surface area (Å²) < 4.78 is 8.52. The van der Waals surface area contributed by atoms with E-state index >= 15 is 0 Å². The summed E-state index contributed by atoms with van der Waals surface area (Å²) in [6, 6.07) is 0.190. The van der Waals surface area contributed by atoms with Crippen molar-refractivity contribution in [1.82, 2.24) is 25.0 Å². The Morgan fingerprint density at radius 2 is 2.24 bits per heavy atom. The summed E-state index contributed by atoms with van der Waals surface area (Å²) in [6.45, 7) is 7.56. The van der Waals surface area contributed by atoms with Crippen LogP contribution in [0, 0.1) is 0 Å². The van der Waals surface area contributed by atoms with Gasteiger partial charge in [-0.15, -0.1) is 24.0 Å². The number of methoxy groups -OCH3 is 1. The number of nitrogens with zero attached hydrogens (tertiary/aromatic N) is 4. The molecule has 1 aliphatic heterocycles. The number of aryl methyl sites for hydroxylation is 2. The minimum Gasteiger partial charge on any atom is -0.383 e. The first-order valence-electron chi connectivity index (χ1n) is 8.86. The third kappa shape index (κ3) is 6.61. The van der Waals surface area contributed by atoms with Crippen LogP contribution in [0.2, 0.25) is 0 Å². The van der Waals surface area contributed by atoms with Crippen LogP contribution in [0.15, 0.2) is 9.79 Å². The fourth-order valence-corrected chi connectivity index (χ4v) is 2.85. The molecule has 1 unspecified atom stereocenters. The Labute approximate surface area is 166 Å². The van der Waals surface area contributed by atoms with E-state index in [9.17, 15) is 4.79 Å². The molecule has 0 amide bonds. The SMILES string of the molecule is CCNC(=NCCCn1nc2n(c1=O)CCCC2)NC(C)COC.I. The van der Waals surface area contributed by atoms with Crippen molar-refractivity contribution >= 4 is 29.9 Å². The highest BCUT2D eigenvalue weighted by Gasteiger charge is 2.16. The zero-order chi connectivity index (χ0) is 17.4. The fourth-order valence-electron chi connectivity index (χ4n) is 2.85. The minimum atomic E-state index is 0. The first-order valence-corrected chi connectivity index (χ1v) is 8.86. The fraction of sp³-hybridized carbons (Fsp3) is 0.812. The third-order valence-electron chi connectivity index (χ3n) is 3.97. The normalized spacial score (nSPS) is 15.2. The molecule has 0 aromatic carbocycles. The molecular formula is C16H31IN6O2. The van der Waals surface area contributed by atoms with Crippen LogP contribution in [-0.4, -0.2) is 53.2 Å². The zero-order valence-electron chi connectivity index (χ0n) is 15.5. The first kappa shape index (κ1) is 21.9. The van der Waals surface area contributed by atoms with Crippen molar-refractivity contribution in [3.05, 3.63) is 16.3 Å². The molecule has 2 rings (SSSR count). The Kier molecular flexibility index (Phi) is 10.1. The molecule has 8 nitrogen and oxygen atoms in total. The molecule has 0 saturated carbocycles. The lowest BCUT2D eigenvalue weighted by Gasteiger charge is -2.16. The standard InChI is InChI=1S/C16H30N6O2.HI/c1-4-17-15(19-13(2)12-24-3)18-9-7-11-22-16(23)21-10-6-5-8-14(21)20-22;/h13H,4-12H2,1-3H3,(H2,17,18,19);1H. The predicted octanol–water partition coefficient (Wildman–Crippen LogP) is 0.979. The Morgan fingerprint density at radius 1 is 1.44 bits per heavy atom. The third-order valence-corrected chi connectivity index (χ3v) is 3.97. The van der Waals surface area contributed by atoms with Crippen molar-refractivity contribution in [2.75, 3.05) is 26.8 Å². The summed E-state index contributed by atoms with van der Waals surface area (Å²) >= 11 is 0. The van der Waals surface area contributed by atoms with Gasteiger partial charge in [-0.3, -0.25) is 9.56 Å². The molecule has 0 aliphatic carbocycles. The molecule has 0 radical (unpaired) electrons. The van der Waals surface area contributed by atoms with Gasteiger partial charge in [-0.2, -0.15) is 5.10 Å². The average Bonchev–Trinajstić information content (AvgIpc) is 2.88. The van der Waals surface area contributed by atoms with Gasteiger partial charge < -0.3 is 15.4 Å². The zero-order valence-corrected chi connectivity index (χ0v) is 17.8. The molecule has 0 saturated heterocycles. The molecule has 2 N–H and O–H groups in total. The maximum Gasteiger partial charge on any atom is 0.345 e. The first-order chi connectivity index (χ1) is 11.7. The molecule has 1 aromatic heterocycles. The molecule has 2 heterocycles. The maximum atomic E-state index is 12.3. The number of halogens is 1. The lowest BCUT2D eigenvalue weighted by molar-refractivity contribution is 0.179. The Morgan fingerprint density at radius 3 is 2.92 bits per heavy atom. The van der Waals surface area contributed by atoms with Crippen molar-refractivity contribution in [1.29, 1.82) is 0 Å². The van der Waals surface area contributed by atoms with Gasteiger partial charge in [0, 0.05) is 45.8 Å². The topological polar surface area (TPSA) is 85.5 Å². The van der Waals surface area contributed by atoms with Gasteiger partial charge in [0.05, 0.1) is 6.61 Å². The Bertz CT molecular complexity index is 598. The van der Waals surface area contributed by atoms with Crippen LogP contribution in [0.4, 0.5) is 0 Å². The summed E-state index contributed by atoms with van der Waals surface area (Å²) in [6.07, 6.45) is 3.89. The van der Waals surface area contributed by atoms with Gasteiger partial charge in [-0.1, -0.05) is 0 Å². The van der Waals surface area contributed by atoms with Gasteiger partial charge in [0.2, 0.25) is 0 Å². The number of fused-ring (bicyclic) bond motifs is 1. The van der Waals surface area contributed by atoms with Crippen LogP contribution in [-0.2, 0) is 24.2 Å². The number of ether oxygens (including phenoxy) is 1. The van der Waals surface area contributed by atoms with E-state index in [-0.39, 0.29) is 35.7 Å². The number of hydrogen-bond acceptors (Lipinski definition) is 4. The summed E-state index contributed by atoms with van der Waals surface area (Å²) in [5, 5.41) is 11.0. The molecule has 0 fully saturated rings. The monoisotopic (exact) mass is 466 g/mol. The van der Waals surface area contributed by atoms with Crippen molar-refractivity contribution in [2.45, 2.75) is 58.7 Å². The second kappa shape index (κ2) is 11.5. The molecule has 1 atom stereocenters. The number of nitrogens with one attached hydrogen (secondary N) is 2. The summed E-state index contributed by atoms with van der Waals surface area (Å²) in [7, 11) is 1.68. The lowest BCUT2D eigenvalue weighted by Crippen LogP contribution is -2.44. The van der Waals surface area contributed by atoms with Crippen LogP contribution in [0.25, 0.3) is 0 Å². The largest absolute Gasteiger partial charge is 0.383 e. The van der Waals surface area contributed by atoms with Gasteiger partial charge in [-0.25, -0.2) is 9.48 Å². The van der Waals surface area contributed by atoms with Gasteiger partial charge >= 0.3 is 5.69 Å². The van der Waals surface area contributed by atoms with E-state index in [0.717, 1.165) is 50.6 Å². The molecule has 1 aromatic rings. The van der Waals surface area contributed by atoms with E-state index in [1.807, 2.05) is 18.4 Å². The van der Waals surface area contributed by atoms with E-state index in [4.69, 9.17) is 4.74 Å². The van der Waals surface area contributed by atoms with Crippen molar-refractivity contribution in [2.24, 2.45) is 4.99 Å². The lowest BCUT2D eigenvalue weighted by atomic mass is 10.2. The second-order valence-corrected chi connectivity index (χ2v) is 6.15. The van der Waals surface area contributed by atoms with Gasteiger partial charge in [0.25, 0.3) is 0 Å². The van der Waals surface area contributed by atoms with E-state index < -0.39 is 0 Å². The van der Waals surface area contributed by atoms with Crippen molar-refractivity contribution in [3.63, 3.8) is 0 Å². The molecule has 9 heteroatoms. The van der Waals surface area contributed by atoms with Crippen LogP contribution in [0.3, 0.4) is 0 Å². The van der Waals surface area contributed by atoms with Crippen LogP contribution >= 0.6 is 24.0 Å². The summed E-state index contributed by atoms with van der Waals surface area (Å²) in [5.41, 5.74) is 0.0208. The Balaban J connectivity index is 0.00000312. The molecule has 0 bridgehead atoms. The minimum absolute atomic E-state index is 0. The van der Waals surface area contributed by atoms with Gasteiger partial charge in [-0.05, 0) is 33.1 Å². The second-order valence-electron chi connectivity index (χ2n) is 6.15. The van der Waals surface area contributed by atoms with E-state index in [1.54, 1.807) is 11.8 Å². The maximum absolute atomic E-state index is 12.3. The summed E-state index contributed by atoms with van der Waals surface area (Å²) in [5.74, 6) is 1.71. The van der Waals surface area contributed by atoms with E-state index in [2.05, 4.69) is 20.7 Å². The predicted molar refractivity (Wildman–Crippen MR) is 110 cm³/mol. The number of rotatable bonds is 8. The molecule has 144 valence electrons. The van der Waals surface area contributed by atoms with Crippen molar-refractivity contribution in [3.8, 4) is 0 Å². The molecular weight excluding hydrogens is 435 g/mol. The van der Waals surface area contributed by atoms with E-state index in [0.29, 0.717) is 19.7 Å². The number of hydrogen-bond donors (Lipinski definition) is 2. The van der Waals surface area contributed by atoms with E-state index in [1.165, 1.54) is 0 Å². The quantitative estimate of drug-likeness (QED) is 0.258. The highest BCUT2D eigenvalue weighted by molar-refractivity contribution is 14.0. The molecule has 1 aliphatic rings. The van der Waals surface area contributed by atoms with Crippen LogP contribution < -0.4 is 16.3 Å². The highest BCUT2D eigenvalue weighted by Crippen LogP contribution is 2.09. The summed E-state index contributed by atoms with van der Waals surface area (Å²) in [4.78, 5) is 16.8. The average molecular weight is 466 g/mol. The molecule has 25 heavy (non-hydrogen) atoms. The Hall–Kier alpha value is -1.10. The number of aromatic nitrogens is 3. The van der Waals surface area contributed by atoms with Crippen LogP contribution in [0.5, 0.6) is 0 Å². The highest BCUT2D eigenvalue weighted by atomic mass is 127. The number of aliphatic imine (C=N–C) groups is 1. The molecule has 0 spiro atoms. The van der Waals surface area contributed by atoms with Gasteiger partial charge in [0.15, 0.2) is 5.96 Å². The van der Waals surface area contributed by atoms with Crippen molar-refractivity contribution < 1.29 is 4.74 Å². The smallest absolute Gasteiger partial charge is 0.345 e. The van der Waals surface area contributed by atoms with Crippen LogP contribution in [0.1, 0.15) is 38.9 Å².